The summed E-state index contributed by atoms with van der Waals surface area (Å²) in [5, 5.41) is 2.99. The molecule has 42 heavy (non-hydrogen) atoms. The highest BCUT2D eigenvalue weighted by Gasteiger charge is 2.32. The maximum absolute atomic E-state index is 14.8. The lowest BCUT2D eigenvalue weighted by Gasteiger charge is -2.34. The van der Waals surface area contributed by atoms with Gasteiger partial charge in [-0.3, -0.25) is 13.9 Å². The fourth-order valence-corrected chi connectivity index (χ4v) is 5.80. The van der Waals surface area contributed by atoms with Crippen molar-refractivity contribution in [2.75, 3.05) is 17.1 Å². The highest BCUT2D eigenvalue weighted by molar-refractivity contribution is 7.92. The van der Waals surface area contributed by atoms with Gasteiger partial charge in [-0.2, -0.15) is 0 Å². The van der Waals surface area contributed by atoms with Crippen molar-refractivity contribution >= 4 is 27.5 Å². The van der Waals surface area contributed by atoms with E-state index in [2.05, 4.69) is 5.32 Å². The van der Waals surface area contributed by atoms with Gasteiger partial charge in [0.15, 0.2) is 0 Å². The predicted molar refractivity (Wildman–Crippen MR) is 166 cm³/mol. The predicted octanol–water partition coefficient (Wildman–Crippen LogP) is 5.54. The van der Waals surface area contributed by atoms with E-state index in [-0.39, 0.29) is 44.2 Å². The second-order valence-corrected chi connectivity index (χ2v) is 13.7. The molecule has 7 nitrogen and oxygen atoms in total. The van der Waals surface area contributed by atoms with Crippen molar-refractivity contribution in [1.82, 2.24) is 10.2 Å². The molecule has 0 aliphatic rings. The van der Waals surface area contributed by atoms with Crippen LogP contribution in [0, 0.1) is 19.7 Å². The summed E-state index contributed by atoms with van der Waals surface area (Å²) in [5.41, 5.74) is 2.89. The van der Waals surface area contributed by atoms with Crippen LogP contribution in [0.2, 0.25) is 0 Å². The molecule has 2 amide bonds. The summed E-state index contributed by atoms with van der Waals surface area (Å²) in [5.74, 6) is -1.18. The largest absolute Gasteiger partial charge is 0.350 e. The van der Waals surface area contributed by atoms with Gasteiger partial charge in [0, 0.05) is 37.0 Å². The molecule has 0 heterocycles. The van der Waals surface area contributed by atoms with Gasteiger partial charge >= 0.3 is 0 Å². The third kappa shape index (κ3) is 9.41. The lowest BCUT2D eigenvalue weighted by molar-refractivity contribution is -0.142. The van der Waals surface area contributed by atoms with Gasteiger partial charge in [0.05, 0.1) is 11.9 Å². The normalized spacial score (nSPS) is 12.5. The molecule has 1 N–H and O–H groups in total. The number of hydrogen-bond acceptors (Lipinski definition) is 4. The maximum Gasteiger partial charge on any atom is 0.243 e. The van der Waals surface area contributed by atoms with Gasteiger partial charge in [-0.05, 0) is 69.9 Å². The molecule has 0 spiro atoms. The molecule has 0 aliphatic carbocycles. The average Bonchev–Trinajstić information content (AvgIpc) is 2.90. The Bertz CT molecular complexity index is 1490. The smallest absolute Gasteiger partial charge is 0.243 e. The van der Waals surface area contributed by atoms with E-state index in [1.807, 2.05) is 83.1 Å². The number of aryl methyl sites for hydroxylation is 2. The summed E-state index contributed by atoms with van der Waals surface area (Å²) >= 11 is 0. The van der Waals surface area contributed by atoms with Crippen LogP contribution < -0.4 is 9.62 Å². The minimum Gasteiger partial charge on any atom is -0.350 e. The molecular weight excluding hydrogens is 553 g/mol. The second kappa shape index (κ2) is 14.0. The number of nitrogens with one attached hydrogen (secondary N) is 1. The van der Waals surface area contributed by atoms with Crippen molar-refractivity contribution in [3.05, 3.63) is 101 Å². The number of rotatable bonds is 12. The fourth-order valence-electron chi connectivity index (χ4n) is 4.79. The van der Waals surface area contributed by atoms with Crippen LogP contribution >= 0.6 is 0 Å². The topological polar surface area (TPSA) is 86.8 Å². The monoisotopic (exact) mass is 595 g/mol. The molecule has 1 unspecified atom stereocenters. The molecule has 0 radical (unpaired) electrons. The number of benzene rings is 3. The minimum atomic E-state index is -3.63. The number of nitrogens with zero attached hydrogens (tertiary/aromatic N) is 2. The Morgan fingerprint density at radius 1 is 0.952 bits per heavy atom. The zero-order valence-electron chi connectivity index (χ0n) is 25.4. The van der Waals surface area contributed by atoms with Crippen LogP contribution in [0.25, 0.3) is 0 Å². The fraction of sp³-hybridized carbons (Fsp3) is 0.394. The minimum absolute atomic E-state index is 0.0283. The number of sulfonamides is 1. The van der Waals surface area contributed by atoms with E-state index in [0.29, 0.717) is 11.3 Å². The van der Waals surface area contributed by atoms with Crippen LogP contribution in [0.1, 0.15) is 55.9 Å². The van der Waals surface area contributed by atoms with E-state index < -0.39 is 27.4 Å². The van der Waals surface area contributed by atoms with Crippen LogP contribution in [0.15, 0.2) is 72.8 Å². The van der Waals surface area contributed by atoms with E-state index >= 15 is 0 Å². The highest BCUT2D eigenvalue weighted by Crippen LogP contribution is 2.25. The van der Waals surface area contributed by atoms with Gasteiger partial charge in [-0.15, -0.1) is 0 Å². The molecule has 9 heteroatoms. The molecule has 3 rings (SSSR count). The molecule has 0 aliphatic heterocycles. The number of hydrogen-bond donors (Lipinski definition) is 1. The SMILES string of the molecule is Cc1ccc(C)c(N(CCCC(=O)N(Cc2ccccc2F)C(Cc2ccccc2)C(=O)NC(C)(C)C)S(C)(=O)=O)c1. The number of halogens is 1. The van der Waals surface area contributed by atoms with Crippen LogP contribution in [0.5, 0.6) is 0 Å². The first kappa shape index (κ1) is 32.8. The first-order valence-corrected chi connectivity index (χ1v) is 15.9. The van der Waals surface area contributed by atoms with Gasteiger partial charge in [0.25, 0.3) is 0 Å². The van der Waals surface area contributed by atoms with E-state index in [9.17, 15) is 22.4 Å². The van der Waals surface area contributed by atoms with E-state index in [4.69, 9.17) is 0 Å². The quantitative estimate of drug-likeness (QED) is 0.298. The molecule has 0 saturated heterocycles. The summed E-state index contributed by atoms with van der Waals surface area (Å²) in [6.07, 6.45) is 1.57. The molecule has 3 aromatic carbocycles. The summed E-state index contributed by atoms with van der Waals surface area (Å²) in [7, 11) is -3.63. The highest BCUT2D eigenvalue weighted by atomic mass is 32.2. The first-order chi connectivity index (χ1) is 19.7. The van der Waals surface area contributed by atoms with Crippen molar-refractivity contribution in [3.8, 4) is 0 Å². The standard InChI is InChI=1S/C33H42FN3O4S/c1-24-18-19-25(2)29(21-24)37(42(6,40)41)20-12-17-31(38)36(23-27-15-10-11-16-28(27)34)30(32(39)35-33(3,4)5)22-26-13-8-7-9-14-26/h7-11,13-16,18-19,21,30H,12,17,20,22-23H2,1-6H3,(H,35,39). The Hall–Kier alpha value is -3.72. The summed E-state index contributed by atoms with van der Waals surface area (Å²) in [4.78, 5) is 29.0. The Morgan fingerprint density at radius 3 is 2.21 bits per heavy atom. The first-order valence-electron chi connectivity index (χ1n) is 14.1. The number of anilines is 1. The van der Waals surface area contributed by atoms with Gasteiger partial charge < -0.3 is 10.2 Å². The van der Waals surface area contributed by atoms with Crippen molar-refractivity contribution in [2.45, 2.75) is 72.0 Å². The third-order valence-corrected chi connectivity index (χ3v) is 8.03. The van der Waals surface area contributed by atoms with Gasteiger partial charge in [0.1, 0.15) is 11.9 Å². The number of carbonyl (C=O) groups excluding carboxylic acids is 2. The molecule has 226 valence electrons. The van der Waals surface area contributed by atoms with Gasteiger partial charge in [0.2, 0.25) is 21.8 Å². The lowest BCUT2D eigenvalue weighted by atomic mass is 10.00. The van der Waals surface area contributed by atoms with Crippen molar-refractivity contribution in [2.24, 2.45) is 0 Å². The van der Waals surface area contributed by atoms with Crippen LogP contribution in [-0.4, -0.2) is 49.5 Å². The van der Waals surface area contributed by atoms with Crippen molar-refractivity contribution in [3.63, 3.8) is 0 Å². The molecule has 0 aromatic heterocycles. The Balaban J connectivity index is 1.93. The van der Waals surface area contributed by atoms with Crippen molar-refractivity contribution < 1.29 is 22.4 Å². The van der Waals surface area contributed by atoms with Gasteiger partial charge in [-0.25, -0.2) is 12.8 Å². The van der Waals surface area contributed by atoms with E-state index in [0.717, 1.165) is 22.9 Å². The molecule has 0 bridgehead atoms. The number of amides is 2. The van der Waals surface area contributed by atoms with Crippen LogP contribution in [-0.2, 0) is 32.6 Å². The van der Waals surface area contributed by atoms with E-state index in [1.54, 1.807) is 18.2 Å². The molecule has 1 atom stereocenters. The summed E-state index contributed by atoms with van der Waals surface area (Å²) in [6, 6.07) is 20.3. The summed E-state index contributed by atoms with van der Waals surface area (Å²) in [6.45, 7) is 9.30. The molecular formula is C33H42FN3O4S. The average molecular weight is 596 g/mol. The zero-order chi connectivity index (χ0) is 31.1. The lowest BCUT2D eigenvalue weighted by Crippen LogP contribution is -2.54. The molecule has 0 saturated carbocycles. The second-order valence-electron chi connectivity index (χ2n) is 11.8. The molecule has 3 aromatic rings. The zero-order valence-corrected chi connectivity index (χ0v) is 26.2. The number of carbonyl (C=O) groups is 2. The van der Waals surface area contributed by atoms with Crippen molar-refractivity contribution in [1.29, 1.82) is 0 Å². The Labute approximate surface area is 249 Å². The Morgan fingerprint density at radius 2 is 1.60 bits per heavy atom. The maximum atomic E-state index is 14.8. The van der Waals surface area contributed by atoms with Crippen LogP contribution in [0.4, 0.5) is 10.1 Å². The van der Waals surface area contributed by atoms with E-state index in [1.165, 1.54) is 15.3 Å². The van der Waals surface area contributed by atoms with Crippen LogP contribution in [0.3, 0.4) is 0 Å². The molecule has 0 fully saturated rings. The van der Waals surface area contributed by atoms with Gasteiger partial charge in [-0.1, -0.05) is 60.7 Å². The summed E-state index contributed by atoms with van der Waals surface area (Å²) < 4.78 is 41.6. The Kier molecular flexibility index (Phi) is 10.9. The third-order valence-electron chi connectivity index (χ3n) is 6.85.